The maximum Gasteiger partial charge on any atom is 0.139 e. The van der Waals surface area contributed by atoms with Crippen LogP contribution < -0.4 is 10.6 Å². The van der Waals surface area contributed by atoms with Crippen molar-refractivity contribution in [3.05, 3.63) is 22.4 Å². The molecule has 2 nitrogen and oxygen atoms in total. The second-order valence-electron chi connectivity index (χ2n) is 4.15. The third kappa shape index (κ3) is 2.43. The summed E-state index contributed by atoms with van der Waals surface area (Å²) in [5.41, 5.74) is 7.18. The van der Waals surface area contributed by atoms with Crippen LogP contribution in [0.4, 0.5) is 15.8 Å². The molecular weight excluding hydrogens is 259 g/mol. The zero-order valence-corrected chi connectivity index (χ0v) is 10.2. The summed E-state index contributed by atoms with van der Waals surface area (Å²) in [6.45, 7) is 1.00. The van der Waals surface area contributed by atoms with Crippen LogP contribution in [0.25, 0.3) is 0 Å². The van der Waals surface area contributed by atoms with E-state index in [-0.39, 0.29) is 5.82 Å². The predicted octanol–water partition coefficient (Wildman–Crippen LogP) is 3.02. The maximum atomic E-state index is 13.2. The Bertz CT molecular complexity index is 377. The van der Waals surface area contributed by atoms with E-state index in [0.29, 0.717) is 10.2 Å². The van der Waals surface area contributed by atoms with E-state index in [2.05, 4.69) is 20.8 Å². The molecule has 2 rings (SSSR count). The van der Waals surface area contributed by atoms with Crippen LogP contribution in [-0.4, -0.2) is 13.6 Å². The van der Waals surface area contributed by atoms with Gasteiger partial charge in [-0.1, -0.05) is 0 Å². The van der Waals surface area contributed by atoms with Crippen LogP contribution in [0.3, 0.4) is 0 Å². The van der Waals surface area contributed by atoms with Crippen molar-refractivity contribution in [2.45, 2.75) is 12.8 Å². The molecule has 0 unspecified atom stereocenters. The lowest BCUT2D eigenvalue weighted by molar-refractivity contribution is 0.621. The molecule has 0 amide bonds. The van der Waals surface area contributed by atoms with Crippen LogP contribution >= 0.6 is 15.9 Å². The molecule has 4 heteroatoms. The highest BCUT2D eigenvalue weighted by atomic mass is 79.9. The Hall–Kier alpha value is -0.770. The minimum atomic E-state index is -0.309. The fourth-order valence-corrected chi connectivity index (χ4v) is 2.00. The molecule has 0 bridgehead atoms. The van der Waals surface area contributed by atoms with Crippen molar-refractivity contribution in [3.63, 3.8) is 0 Å². The number of halogens is 2. The van der Waals surface area contributed by atoms with E-state index in [4.69, 9.17) is 5.73 Å². The standard InChI is InChI=1S/C11H14BrFN2/c1-15(6-7-2-3-7)11-4-8(12)9(13)5-10(11)14/h4-5,7H,2-3,6,14H2,1H3. The first-order chi connectivity index (χ1) is 7.08. The molecule has 0 aliphatic heterocycles. The average molecular weight is 273 g/mol. The largest absolute Gasteiger partial charge is 0.397 e. The summed E-state index contributed by atoms with van der Waals surface area (Å²) in [5, 5.41) is 0. The van der Waals surface area contributed by atoms with Crippen molar-refractivity contribution < 1.29 is 4.39 Å². The third-order valence-electron chi connectivity index (χ3n) is 2.71. The third-order valence-corrected chi connectivity index (χ3v) is 3.32. The van der Waals surface area contributed by atoms with Gasteiger partial charge in [-0.25, -0.2) is 4.39 Å². The van der Waals surface area contributed by atoms with E-state index >= 15 is 0 Å². The van der Waals surface area contributed by atoms with E-state index < -0.39 is 0 Å². The highest BCUT2D eigenvalue weighted by Gasteiger charge is 2.23. The van der Waals surface area contributed by atoms with E-state index in [1.54, 1.807) is 6.07 Å². The van der Waals surface area contributed by atoms with E-state index in [1.165, 1.54) is 18.9 Å². The van der Waals surface area contributed by atoms with Gasteiger partial charge in [0.15, 0.2) is 0 Å². The number of hydrogen-bond acceptors (Lipinski definition) is 2. The van der Waals surface area contributed by atoms with Gasteiger partial charge in [-0.2, -0.15) is 0 Å². The first-order valence-corrected chi connectivity index (χ1v) is 5.83. The summed E-state index contributed by atoms with van der Waals surface area (Å²) in [7, 11) is 1.99. The molecule has 0 heterocycles. The Balaban J connectivity index is 2.21. The number of nitrogens with zero attached hydrogens (tertiary/aromatic N) is 1. The summed E-state index contributed by atoms with van der Waals surface area (Å²) in [6, 6.07) is 3.11. The van der Waals surface area contributed by atoms with Crippen molar-refractivity contribution in [2.75, 3.05) is 24.2 Å². The number of anilines is 2. The van der Waals surface area contributed by atoms with Crippen LogP contribution in [-0.2, 0) is 0 Å². The molecule has 1 aliphatic carbocycles. The Kier molecular flexibility index (Phi) is 2.87. The molecule has 0 aromatic heterocycles. The van der Waals surface area contributed by atoms with Gasteiger partial charge in [0, 0.05) is 19.7 Å². The first-order valence-electron chi connectivity index (χ1n) is 5.03. The fourth-order valence-electron chi connectivity index (χ4n) is 1.67. The second-order valence-corrected chi connectivity index (χ2v) is 5.00. The van der Waals surface area contributed by atoms with Crippen molar-refractivity contribution in [3.8, 4) is 0 Å². The molecular formula is C11H14BrFN2. The normalized spacial score (nSPS) is 15.4. The summed E-state index contributed by atoms with van der Waals surface area (Å²) in [6.07, 6.45) is 2.60. The monoisotopic (exact) mass is 272 g/mol. The highest BCUT2D eigenvalue weighted by Crippen LogP contribution is 2.34. The lowest BCUT2D eigenvalue weighted by atomic mass is 10.2. The van der Waals surface area contributed by atoms with Crippen LogP contribution in [0.5, 0.6) is 0 Å². The minimum Gasteiger partial charge on any atom is -0.397 e. The first kappa shape index (κ1) is 10.7. The molecule has 1 fully saturated rings. The SMILES string of the molecule is CN(CC1CC1)c1cc(Br)c(F)cc1N. The Labute approximate surface area is 97.4 Å². The van der Waals surface area contributed by atoms with Gasteiger partial charge >= 0.3 is 0 Å². The van der Waals surface area contributed by atoms with Gasteiger partial charge in [-0.3, -0.25) is 0 Å². The van der Waals surface area contributed by atoms with Gasteiger partial charge in [-0.05, 0) is 40.8 Å². The smallest absolute Gasteiger partial charge is 0.139 e. The van der Waals surface area contributed by atoms with Crippen LogP contribution in [0.2, 0.25) is 0 Å². The number of rotatable bonds is 3. The quantitative estimate of drug-likeness (QED) is 0.858. The molecule has 82 valence electrons. The molecule has 1 saturated carbocycles. The molecule has 15 heavy (non-hydrogen) atoms. The Morgan fingerprint density at radius 2 is 2.20 bits per heavy atom. The van der Waals surface area contributed by atoms with Crippen molar-refractivity contribution >= 4 is 27.3 Å². The van der Waals surface area contributed by atoms with Crippen molar-refractivity contribution in [1.29, 1.82) is 0 Å². The number of nitrogens with two attached hydrogens (primary N) is 1. The van der Waals surface area contributed by atoms with Gasteiger partial charge in [0.2, 0.25) is 0 Å². The lowest BCUT2D eigenvalue weighted by Gasteiger charge is -2.21. The second kappa shape index (κ2) is 4.00. The summed E-state index contributed by atoms with van der Waals surface area (Å²) >= 11 is 3.17. The molecule has 1 aromatic carbocycles. The molecule has 0 saturated heterocycles. The Morgan fingerprint density at radius 3 is 2.80 bits per heavy atom. The van der Waals surface area contributed by atoms with E-state index in [0.717, 1.165) is 18.2 Å². The van der Waals surface area contributed by atoms with Crippen LogP contribution in [0.1, 0.15) is 12.8 Å². The summed E-state index contributed by atoms with van der Waals surface area (Å²) < 4.78 is 13.6. The predicted molar refractivity (Wildman–Crippen MR) is 64.5 cm³/mol. The minimum absolute atomic E-state index is 0.309. The Morgan fingerprint density at radius 1 is 1.53 bits per heavy atom. The fraction of sp³-hybridized carbons (Fsp3) is 0.455. The van der Waals surface area contributed by atoms with E-state index in [9.17, 15) is 4.39 Å². The van der Waals surface area contributed by atoms with Crippen molar-refractivity contribution in [2.24, 2.45) is 5.92 Å². The molecule has 1 aliphatic rings. The zero-order chi connectivity index (χ0) is 11.0. The highest BCUT2D eigenvalue weighted by molar-refractivity contribution is 9.10. The van der Waals surface area contributed by atoms with E-state index in [1.807, 2.05) is 7.05 Å². The van der Waals surface area contributed by atoms with Crippen LogP contribution in [0, 0.1) is 11.7 Å². The van der Waals surface area contributed by atoms with Gasteiger partial charge in [0.05, 0.1) is 15.8 Å². The average Bonchev–Trinajstić information content (AvgIpc) is 2.95. The van der Waals surface area contributed by atoms with Gasteiger partial charge < -0.3 is 10.6 Å². The molecule has 0 radical (unpaired) electrons. The maximum absolute atomic E-state index is 13.2. The number of benzene rings is 1. The topological polar surface area (TPSA) is 29.3 Å². The van der Waals surface area contributed by atoms with Gasteiger partial charge in [0.1, 0.15) is 5.82 Å². The van der Waals surface area contributed by atoms with Crippen molar-refractivity contribution in [1.82, 2.24) is 0 Å². The molecule has 1 aromatic rings. The number of nitrogen functional groups attached to an aromatic ring is 1. The molecule has 2 N–H and O–H groups in total. The zero-order valence-electron chi connectivity index (χ0n) is 8.63. The molecule has 0 atom stereocenters. The molecule has 0 spiro atoms. The number of hydrogen-bond donors (Lipinski definition) is 1. The van der Waals surface area contributed by atoms with Crippen LogP contribution in [0.15, 0.2) is 16.6 Å². The summed E-state index contributed by atoms with van der Waals surface area (Å²) in [4.78, 5) is 2.09. The lowest BCUT2D eigenvalue weighted by Crippen LogP contribution is -2.21. The van der Waals surface area contributed by atoms with Gasteiger partial charge in [0.25, 0.3) is 0 Å². The van der Waals surface area contributed by atoms with Gasteiger partial charge in [-0.15, -0.1) is 0 Å². The summed E-state index contributed by atoms with van der Waals surface area (Å²) in [5.74, 6) is 0.481.